The molecule has 0 aromatic carbocycles. The monoisotopic (exact) mass is 288 g/mol. The predicted octanol–water partition coefficient (Wildman–Crippen LogP) is 0.237. The molecule has 1 saturated heterocycles. The number of imidazole rings is 1. The number of anilines is 1. The van der Waals surface area contributed by atoms with Gasteiger partial charge in [-0.15, -0.1) is 0 Å². The maximum Gasteiger partial charge on any atom is 0.268 e. The van der Waals surface area contributed by atoms with Crippen LogP contribution < -0.4 is 11.5 Å². The topological polar surface area (TPSA) is 122 Å². The van der Waals surface area contributed by atoms with Crippen molar-refractivity contribution < 1.29 is 9.53 Å². The van der Waals surface area contributed by atoms with Crippen LogP contribution in [0.1, 0.15) is 34.8 Å². The Morgan fingerprint density at radius 1 is 1.33 bits per heavy atom. The van der Waals surface area contributed by atoms with Gasteiger partial charge in [0.1, 0.15) is 17.8 Å². The lowest BCUT2D eigenvalue weighted by molar-refractivity contribution is 0.0852. The Labute approximate surface area is 121 Å². The molecular weight excluding hydrogens is 272 g/mol. The Hall–Kier alpha value is -2.48. The number of nitrogens with two attached hydrogens (primary N) is 2. The van der Waals surface area contributed by atoms with Crippen molar-refractivity contribution in [2.24, 2.45) is 5.73 Å². The Morgan fingerprint density at radius 3 is 2.76 bits per heavy atom. The van der Waals surface area contributed by atoms with Gasteiger partial charge < -0.3 is 16.2 Å². The van der Waals surface area contributed by atoms with E-state index in [-0.39, 0.29) is 11.6 Å². The molecule has 0 radical (unpaired) electrons. The van der Waals surface area contributed by atoms with Crippen LogP contribution in [0.25, 0.3) is 5.82 Å². The molecule has 0 bridgehead atoms. The number of aromatic nitrogens is 4. The smallest absolute Gasteiger partial charge is 0.268 e. The minimum absolute atomic E-state index is 0.176. The zero-order valence-electron chi connectivity index (χ0n) is 11.4. The number of primary amides is 1. The van der Waals surface area contributed by atoms with E-state index in [2.05, 4.69) is 15.0 Å². The summed E-state index contributed by atoms with van der Waals surface area (Å²) in [6.45, 7) is 1.43. The molecule has 2 aromatic rings. The molecule has 1 amide bonds. The molecule has 4 N–H and O–H groups in total. The summed E-state index contributed by atoms with van der Waals surface area (Å²) in [7, 11) is 0. The lowest BCUT2D eigenvalue weighted by Crippen LogP contribution is -2.17. The van der Waals surface area contributed by atoms with Gasteiger partial charge in [-0.3, -0.25) is 9.36 Å². The standard InChI is InChI=1S/C13H16N6O2/c14-11(20)10-6-19(7-17-10)12-9(5-16-13(15)18-12)8-1-3-21-4-2-8/h5-8H,1-4H2,(H2,14,20)(H2,15,16,18). The van der Waals surface area contributed by atoms with E-state index in [4.69, 9.17) is 16.2 Å². The first-order valence-corrected chi connectivity index (χ1v) is 6.69. The number of nitrogen functional groups attached to an aromatic ring is 1. The van der Waals surface area contributed by atoms with E-state index in [0.717, 1.165) is 18.4 Å². The van der Waals surface area contributed by atoms with Crippen molar-refractivity contribution in [3.05, 3.63) is 30.0 Å². The summed E-state index contributed by atoms with van der Waals surface area (Å²) in [5.74, 6) is 0.529. The van der Waals surface area contributed by atoms with Crippen LogP contribution in [-0.4, -0.2) is 38.6 Å². The molecular formula is C13H16N6O2. The van der Waals surface area contributed by atoms with E-state index in [9.17, 15) is 4.79 Å². The highest BCUT2D eigenvalue weighted by atomic mass is 16.5. The van der Waals surface area contributed by atoms with Crippen molar-refractivity contribution in [1.82, 2.24) is 19.5 Å². The van der Waals surface area contributed by atoms with Crippen molar-refractivity contribution in [2.45, 2.75) is 18.8 Å². The summed E-state index contributed by atoms with van der Waals surface area (Å²) in [5.41, 5.74) is 12.1. The van der Waals surface area contributed by atoms with Gasteiger partial charge in [0.15, 0.2) is 0 Å². The van der Waals surface area contributed by atoms with E-state index < -0.39 is 5.91 Å². The molecule has 2 aromatic heterocycles. The molecule has 3 heterocycles. The SMILES string of the molecule is NC(=O)c1cn(-c2nc(N)ncc2C2CCOCC2)cn1. The molecule has 1 aliphatic heterocycles. The number of hydrogen-bond acceptors (Lipinski definition) is 6. The van der Waals surface area contributed by atoms with E-state index in [1.165, 1.54) is 6.33 Å². The van der Waals surface area contributed by atoms with Crippen LogP contribution in [0.15, 0.2) is 18.7 Å². The van der Waals surface area contributed by atoms with E-state index >= 15 is 0 Å². The lowest BCUT2D eigenvalue weighted by Gasteiger charge is -2.23. The summed E-state index contributed by atoms with van der Waals surface area (Å²) in [5, 5.41) is 0. The van der Waals surface area contributed by atoms with E-state index in [1.54, 1.807) is 17.0 Å². The van der Waals surface area contributed by atoms with Gasteiger partial charge in [0, 0.05) is 31.2 Å². The minimum atomic E-state index is -0.580. The Morgan fingerprint density at radius 2 is 2.10 bits per heavy atom. The number of carbonyl (C=O) groups excluding carboxylic acids is 1. The van der Waals surface area contributed by atoms with Crippen LogP contribution in [0.3, 0.4) is 0 Å². The number of hydrogen-bond donors (Lipinski definition) is 2. The molecule has 3 rings (SSSR count). The molecule has 0 unspecified atom stereocenters. The predicted molar refractivity (Wildman–Crippen MR) is 74.9 cm³/mol. The molecule has 8 nitrogen and oxygen atoms in total. The Balaban J connectivity index is 2.02. The van der Waals surface area contributed by atoms with Gasteiger partial charge in [-0.25, -0.2) is 9.97 Å². The summed E-state index contributed by atoms with van der Waals surface area (Å²) in [4.78, 5) is 23.5. The van der Waals surface area contributed by atoms with Crippen LogP contribution in [0.2, 0.25) is 0 Å². The molecule has 0 saturated carbocycles. The Bertz CT molecular complexity index is 662. The number of rotatable bonds is 3. The van der Waals surface area contributed by atoms with Crippen molar-refractivity contribution in [1.29, 1.82) is 0 Å². The van der Waals surface area contributed by atoms with Gasteiger partial charge in [-0.1, -0.05) is 0 Å². The maximum atomic E-state index is 11.2. The van der Waals surface area contributed by atoms with Gasteiger partial charge >= 0.3 is 0 Å². The summed E-state index contributed by atoms with van der Waals surface area (Å²) in [6, 6.07) is 0. The van der Waals surface area contributed by atoms with Crippen LogP contribution in [-0.2, 0) is 4.74 Å². The number of carbonyl (C=O) groups is 1. The molecule has 21 heavy (non-hydrogen) atoms. The van der Waals surface area contributed by atoms with Gasteiger partial charge in [-0.05, 0) is 18.8 Å². The van der Waals surface area contributed by atoms with E-state index in [0.29, 0.717) is 24.9 Å². The molecule has 0 aliphatic carbocycles. The van der Waals surface area contributed by atoms with E-state index in [1.807, 2.05) is 0 Å². The van der Waals surface area contributed by atoms with Gasteiger partial charge in [0.2, 0.25) is 5.95 Å². The maximum absolute atomic E-state index is 11.2. The normalized spacial score (nSPS) is 16.0. The largest absolute Gasteiger partial charge is 0.381 e. The first kappa shape index (κ1) is 13.5. The zero-order chi connectivity index (χ0) is 14.8. The second-order valence-electron chi connectivity index (χ2n) is 4.92. The fourth-order valence-electron chi connectivity index (χ4n) is 2.46. The second kappa shape index (κ2) is 5.49. The highest BCUT2D eigenvalue weighted by molar-refractivity contribution is 5.90. The summed E-state index contributed by atoms with van der Waals surface area (Å²) < 4.78 is 7.04. The average Bonchev–Trinajstić information content (AvgIpc) is 2.98. The zero-order valence-corrected chi connectivity index (χ0v) is 11.4. The molecule has 8 heteroatoms. The number of ether oxygens (including phenoxy) is 1. The third kappa shape index (κ3) is 2.70. The third-order valence-electron chi connectivity index (χ3n) is 3.56. The van der Waals surface area contributed by atoms with Gasteiger partial charge in [-0.2, -0.15) is 4.98 Å². The van der Waals surface area contributed by atoms with Crippen molar-refractivity contribution in [3.63, 3.8) is 0 Å². The van der Waals surface area contributed by atoms with Crippen LogP contribution >= 0.6 is 0 Å². The quantitative estimate of drug-likeness (QED) is 0.834. The van der Waals surface area contributed by atoms with Crippen LogP contribution in [0.5, 0.6) is 0 Å². The number of nitrogens with zero attached hydrogens (tertiary/aromatic N) is 4. The minimum Gasteiger partial charge on any atom is -0.381 e. The second-order valence-corrected chi connectivity index (χ2v) is 4.92. The molecule has 0 atom stereocenters. The average molecular weight is 288 g/mol. The highest BCUT2D eigenvalue weighted by Crippen LogP contribution is 2.30. The Kier molecular flexibility index (Phi) is 3.53. The van der Waals surface area contributed by atoms with Crippen LogP contribution in [0.4, 0.5) is 5.95 Å². The summed E-state index contributed by atoms with van der Waals surface area (Å²) >= 11 is 0. The fraction of sp³-hybridized carbons (Fsp3) is 0.385. The van der Waals surface area contributed by atoms with Gasteiger partial charge in [0.25, 0.3) is 5.91 Å². The molecule has 110 valence electrons. The molecule has 1 aliphatic rings. The first-order valence-electron chi connectivity index (χ1n) is 6.69. The number of amides is 1. The van der Waals surface area contributed by atoms with Gasteiger partial charge in [0.05, 0.1) is 0 Å². The molecule has 1 fully saturated rings. The highest BCUT2D eigenvalue weighted by Gasteiger charge is 2.22. The summed E-state index contributed by atoms with van der Waals surface area (Å²) in [6.07, 6.45) is 6.59. The first-order chi connectivity index (χ1) is 10.1. The van der Waals surface area contributed by atoms with Crippen molar-refractivity contribution >= 4 is 11.9 Å². The van der Waals surface area contributed by atoms with Crippen molar-refractivity contribution in [2.75, 3.05) is 18.9 Å². The lowest BCUT2D eigenvalue weighted by atomic mass is 9.93. The third-order valence-corrected chi connectivity index (χ3v) is 3.56. The molecule has 0 spiro atoms. The van der Waals surface area contributed by atoms with Crippen molar-refractivity contribution in [3.8, 4) is 5.82 Å². The van der Waals surface area contributed by atoms with Crippen LogP contribution in [0, 0.1) is 0 Å². The fourth-order valence-corrected chi connectivity index (χ4v) is 2.46.